The summed E-state index contributed by atoms with van der Waals surface area (Å²) in [5.41, 5.74) is 0. The van der Waals surface area contributed by atoms with Gasteiger partial charge in [-0.25, -0.2) is 0 Å². The number of carbonyl (C=O) groups is 1. The first-order valence-corrected chi connectivity index (χ1v) is 8.37. The van der Waals surface area contributed by atoms with Crippen molar-refractivity contribution in [2.24, 2.45) is 0 Å². The minimum Gasteiger partial charge on any atom is -0.378 e. The Bertz CT molecular complexity index is 290. The van der Waals surface area contributed by atoms with Crippen molar-refractivity contribution in [3.8, 4) is 0 Å². The molecule has 0 aromatic heterocycles. The van der Waals surface area contributed by atoms with Crippen molar-refractivity contribution in [1.29, 1.82) is 0 Å². The fraction of sp³-hybridized carbons (Fsp3) is 0.938. The molecule has 4 nitrogen and oxygen atoms in total. The predicted octanol–water partition coefficient (Wildman–Crippen LogP) is 2.33. The number of piperidine rings is 1. The van der Waals surface area contributed by atoms with Gasteiger partial charge in [-0.15, -0.1) is 0 Å². The Kier molecular flexibility index (Phi) is 6.80. The second-order valence-electron chi connectivity index (χ2n) is 6.27. The summed E-state index contributed by atoms with van der Waals surface area (Å²) in [6.07, 6.45) is 11.2. The number of rotatable bonds is 6. The molecule has 1 heterocycles. The molecule has 1 aliphatic carbocycles. The van der Waals surface area contributed by atoms with Crippen molar-refractivity contribution in [1.82, 2.24) is 10.2 Å². The van der Waals surface area contributed by atoms with Crippen LogP contribution in [0.15, 0.2) is 0 Å². The lowest BCUT2D eigenvalue weighted by molar-refractivity contribution is -0.127. The van der Waals surface area contributed by atoms with Gasteiger partial charge >= 0.3 is 0 Å². The van der Waals surface area contributed by atoms with E-state index in [1.54, 1.807) is 0 Å². The third kappa shape index (κ3) is 5.06. The van der Waals surface area contributed by atoms with Crippen molar-refractivity contribution in [2.45, 2.75) is 69.9 Å². The molecule has 0 aromatic carbocycles. The maximum Gasteiger partial charge on any atom is 0.237 e. The summed E-state index contributed by atoms with van der Waals surface area (Å²) in [6.45, 7) is 2.57. The summed E-state index contributed by atoms with van der Waals surface area (Å²) in [5, 5.41) is 3.06. The van der Waals surface area contributed by atoms with E-state index in [0.29, 0.717) is 6.10 Å². The monoisotopic (exact) mass is 282 g/mol. The molecular formula is C16H30N2O2. The summed E-state index contributed by atoms with van der Waals surface area (Å²) < 4.78 is 5.87. The Morgan fingerprint density at radius 2 is 1.90 bits per heavy atom. The van der Waals surface area contributed by atoms with Gasteiger partial charge in [-0.2, -0.15) is 0 Å². The van der Waals surface area contributed by atoms with Gasteiger partial charge in [-0.05, 0) is 45.7 Å². The molecule has 1 aliphatic heterocycles. The zero-order valence-electron chi connectivity index (χ0n) is 12.9. The maximum atomic E-state index is 12.1. The second-order valence-corrected chi connectivity index (χ2v) is 6.27. The summed E-state index contributed by atoms with van der Waals surface area (Å²) in [4.78, 5) is 14.3. The minimum atomic E-state index is 0.0861. The highest BCUT2D eigenvalue weighted by molar-refractivity contribution is 5.81. The van der Waals surface area contributed by atoms with Crippen molar-refractivity contribution in [3.63, 3.8) is 0 Å². The van der Waals surface area contributed by atoms with Crippen LogP contribution in [0.25, 0.3) is 0 Å². The SMILES string of the molecule is CN1CCCC[C@H]1C(=O)NCCCOC1CCCCC1. The van der Waals surface area contributed by atoms with Gasteiger partial charge in [0.05, 0.1) is 12.1 Å². The molecule has 0 aromatic rings. The summed E-state index contributed by atoms with van der Waals surface area (Å²) >= 11 is 0. The average molecular weight is 282 g/mol. The van der Waals surface area contributed by atoms with E-state index >= 15 is 0 Å². The van der Waals surface area contributed by atoms with Gasteiger partial charge in [0.15, 0.2) is 0 Å². The van der Waals surface area contributed by atoms with Gasteiger partial charge in [0.2, 0.25) is 5.91 Å². The van der Waals surface area contributed by atoms with Crippen LogP contribution in [-0.2, 0) is 9.53 Å². The number of amides is 1. The number of likely N-dealkylation sites (N-methyl/N-ethyl adjacent to an activating group) is 1. The second kappa shape index (κ2) is 8.63. The van der Waals surface area contributed by atoms with Crippen LogP contribution < -0.4 is 5.32 Å². The fourth-order valence-corrected chi connectivity index (χ4v) is 3.29. The molecule has 1 N–H and O–H groups in total. The van der Waals surface area contributed by atoms with Crippen LogP contribution in [0.3, 0.4) is 0 Å². The van der Waals surface area contributed by atoms with Crippen LogP contribution >= 0.6 is 0 Å². The quantitative estimate of drug-likeness (QED) is 0.760. The van der Waals surface area contributed by atoms with Gasteiger partial charge in [0.25, 0.3) is 0 Å². The van der Waals surface area contributed by atoms with Crippen molar-refractivity contribution < 1.29 is 9.53 Å². The standard InChI is InChI=1S/C16H30N2O2/c1-18-12-6-5-10-15(18)16(19)17-11-7-13-20-14-8-3-2-4-9-14/h14-15H,2-13H2,1H3,(H,17,19)/t15-/m0/s1. The smallest absolute Gasteiger partial charge is 0.237 e. The molecule has 2 aliphatic rings. The van der Waals surface area contributed by atoms with Gasteiger partial charge in [-0.1, -0.05) is 25.7 Å². The largest absolute Gasteiger partial charge is 0.378 e. The van der Waals surface area contributed by atoms with E-state index < -0.39 is 0 Å². The van der Waals surface area contributed by atoms with E-state index in [0.717, 1.165) is 32.5 Å². The number of hydrogen-bond acceptors (Lipinski definition) is 3. The first-order valence-electron chi connectivity index (χ1n) is 8.37. The van der Waals surface area contributed by atoms with Crippen LogP contribution in [0.4, 0.5) is 0 Å². The van der Waals surface area contributed by atoms with Gasteiger partial charge in [0, 0.05) is 13.2 Å². The average Bonchev–Trinajstić information content (AvgIpc) is 2.48. The molecule has 1 saturated carbocycles. The molecule has 1 saturated heterocycles. The van der Waals surface area contributed by atoms with E-state index in [2.05, 4.69) is 17.3 Å². The van der Waals surface area contributed by atoms with Gasteiger partial charge < -0.3 is 10.1 Å². The first kappa shape index (κ1) is 15.8. The number of nitrogens with zero attached hydrogens (tertiary/aromatic N) is 1. The molecule has 1 amide bonds. The van der Waals surface area contributed by atoms with Crippen LogP contribution in [0, 0.1) is 0 Å². The molecule has 2 rings (SSSR count). The summed E-state index contributed by atoms with van der Waals surface area (Å²) in [5.74, 6) is 0.199. The molecule has 0 bridgehead atoms. The zero-order chi connectivity index (χ0) is 14.2. The highest BCUT2D eigenvalue weighted by atomic mass is 16.5. The Balaban J connectivity index is 1.52. The zero-order valence-corrected chi connectivity index (χ0v) is 12.9. The molecular weight excluding hydrogens is 252 g/mol. The van der Waals surface area contributed by atoms with Crippen LogP contribution in [0.2, 0.25) is 0 Å². The minimum absolute atomic E-state index is 0.0861. The Morgan fingerprint density at radius 3 is 2.65 bits per heavy atom. The molecule has 0 unspecified atom stereocenters. The molecule has 0 radical (unpaired) electrons. The van der Waals surface area contributed by atoms with E-state index in [1.165, 1.54) is 44.9 Å². The third-order valence-electron chi connectivity index (χ3n) is 4.60. The highest BCUT2D eigenvalue weighted by Gasteiger charge is 2.25. The van der Waals surface area contributed by atoms with Crippen LogP contribution in [-0.4, -0.2) is 49.7 Å². The molecule has 0 spiro atoms. The third-order valence-corrected chi connectivity index (χ3v) is 4.60. The van der Waals surface area contributed by atoms with E-state index in [-0.39, 0.29) is 11.9 Å². The number of hydrogen-bond donors (Lipinski definition) is 1. The van der Waals surface area contributed by atoms with Gasteiger partial charge in [0.1, 0.15) is 0 Å². The number of likely N-dealkylation sites (tertiary alicyclic amines) is 1. The lowest BCUT2D eigenvalue weighted by atomic mass is 9.98. The van der Waals surface area contributed by atoms with Crippen LogP contribution in [0.5, 0.6) is 0 Å². The van der Waals surface area contributed by atoms with E-state index in [4.69, 9.17) is 4.74 Å². The first-order chi connectivity index (χ1) is 9.77. The number of nitrogens with one attached hydrogen (secondary N) is 1. The van der Waals surface area contributed by atoms with E-state index in [9.17, 15) is 4.79 Å². The van der Waals surface area contributed by atoms with Gasteiger partial charge in [-0.3, -0.25) is 9.69 Å². The van der Waals surface area contributed by atoms with E-state index in [1.807, 2.05) is 0 Å². The van der Waals surface area contributed by atoms with Crippen molar-refractivity contribution >= 4 is 5.91 Å². The lowest BCUT2D eigenvalue weighted by Crippen LogP contribution is -2.47. The molecule has 20 heavy (non-hydrogen) atoms. The Hall–Kier alpha value is -0.610. The molecule has 4 heteroatoms. The summed E-state index contributed by atoms with van der Waals surface area (Å²) in [7, 11) is 2.05. The normalized spacial score (nSPS) is 25.6. The fourth-order valence-electron chi connectivity index (χ4n) is 3.29. The van der Waals surface area contributed by atoms with Crippen LogP contribution in [0.1, 0.15) is 57.8 Å². The molecule has 2 fully saturated rings. The molecule has 1 atom stereocenters. The maximum absolute atomic E-state index is 12.1. The Labute approximate surface area is 123 Å². The molecule has 116 valence electrons. The highest BCUT2D eigenvalue weighted by Crippen LogP contribution is 2.20. The number of carbonyl (C=O) groups excluding carboxylic acids is 1. The lowest BCUT2D eigenvalue weighted by Gasteiger charge is -2.31. The summed E-state index contributed by atoms with van der Waals surface area (Å²) in [6, 6.07) is 0.0861. The Morgan fingerprint density at radius 1 is 1.15 bits per heavy atom. The topological polar surface area (TPSA) is 41.6 Å². The predicted molar refractivity (Wildman–Crippen MR) is 80.7 cm³/mol. The van der Waals surface area contributed by atoms with Crippen molar-refractivity contribution in [3.05, 3.63) is 0 Å². The number of ether oxygens (including phenoxy) is 1. The van der Waals surface area contributed by atoms with Crippen molar-refractivity contribution in [2.75, 3.05) is 26.7 Å².